The van der Waals surface area contributed by atoms with Crippen molar-refractivity contribution >= 4 is 39.8 Å². The molecule has 1 N–H and O–H groups in total. The average Bonchev–Trinajstić information content (AvgIpc) is 3.37. The van der Waals surface area contributed by atoms with Crippen LogP contribution < -0.4 is 5.32 Å². The van der Waals surface area contributed by atoms with Crippen molar-refractivity contribution in [3.63, 3.8) is 0 Å². The number of fused-ring (bicyclic) bond motifs is 3. The van der Waals surface area contributed by atoms with Crippen LogP contribution in [0.2, 0.25) is 0 Å². The van der Waals surface area contributed by atoms with Gasteiger partial charge in [0.2, 0.25) is 5.78 Å². The lowest BCUT2D eigenvalue weighted by Crippen LogP contribution is -2.26. The molecule has 3 heterocycles. The van der Waals surface area contributed by atoms with E-state index in [0.29, 0.717) is 33.4 Å². The maximum atomic E-state index is 14.7. The van der Waals surface area contributed by atoms with E-state index in [1.165, 1.54) is 4.52 Å². The molecular formula is C37H33N5O3. The molecule has 0 radical (unpaired) electrons. The lowest BCUT2D eigenvalue weighted by atomic mass is 9.91. The van der Waals surface area contributed by atoms with Crippen LogP contribution >= 0.6 is 0 Å². The molecule has 8 nitrogen and oxygen atoms in total. The number of pyridine rings is 1. The molecule has 1 amide bonds. The topological polar surface area (TPSA) is 106 Å². The summed E-state index contributed by atoms with van der Waals surface area (Å²) in [5.74, 6) is -1.55. The highest BCUT2D eigenvalue weighted by molar-refractivity contribution is 6.24. The molecule has 0 aliphatic carbocycles. The van der Waals surface area contributed by atoms with Gasteiger partial charge >= 0.3 is 0 Å². The molecule has 6 aromatic rings. The molecule has 0 unspecified atom stereocenters. The summed E-state index contributed by atoms with van der Waals surface area (Å²) in [6.45, 7) is 13.2. The Hall–Kier alpha value is -5.50. The fourth-order valence-electron chi connectivity index (χ4n) is 5.69. The van der Waals surface area contributed by atoms with Gasteiger partial charge < -0.3 is 5.32 Å². The number of benzene rings is 3. The molecule has 0 fully saturated rings. The van der Waals surface area contributed by atoms with Gasteiger partial charge in [-0.15, -0.1) is 5.10 Å². The summed E-state index contributed by atoms with van der Waals surface area (Å²) >= 11 is 0. The first-order chi connectivity index (χ1) is 21.4. The lowest BCUT2D eigenvalue weighted by molar-refractivity contribution is 0.0979. The molecule has 0 spiro atoms. The van der Waals surface area contributed by atoms with Gasteiger partial charge in [-0.25, -0.2) is 14.5 Å². The Balaban J connectivity index is 1.75. The number of hydrogen-bond acceptors (Lipinski definition) is 6. The molecule has 3 aromatic heterocycles. The van der Waals surface area contributed by atoms with Gasteiger partial charge in [0.05, 0.1) is 10.9 Å². The van der Waals surface area contributed by atoms with E-state index in [1.54, 1.807) is 24.3 Å². The standard InChI is InChI=1S/C37H33N5O3/c1-19-10-14-26(15-11-19)39-37(45)32-30(33(43)27-16-20(2)8-12-22(27)4)31(34(44)28-17-21(3)9-13-23(28)5)40-36-29-24(6)18-25(7)38-35(29)41-42(32)36/h8-18H,1-7H3,(H,39,45). The van der Waals surface area contributed by atoms with Crippen LogP contribution in [0.4, 0.5) is 5.69 Å². The molecule has 0 saturated carbocycles. The van der Waals surface area contributed by atoms with E-state index >= 15 is 0 Å². The fourth-order valence-corrected chi connectivity index (χ4v) is 5.69. The third-order valence-corrected chi connectivity index (χ3v) is 8.09. The average molecular weight is 596 g/mol. The molecule has 8 heteroatoms. The van der Waals surface area contributed by atoms with Crippen LogP contribution in [-0.4, -0.2) is 37.1 Å². The molecule has 224 valence electrons. The number of aryl methyl sites for hydroxylation is 7. The Morgan fingerprint density at radius 1 is 0.644 bits per heavy atom. The summed E-state index contributed by atoms with van der Waals surface area (Å²) in [6, 6.07) is 20.3. The van der Waals surface area contributed by atoms with Gasteiger partial charge in [-0.2, -0.15) is 0 Å². The summed E-state index contributed by atoms with van der Waals surface area (Å²) < 4.78 is 1.37. The van der Waals surface area contributed by atoms with Gasteiger partial charge in [0.15, 0.2) is 17.1 Å². The Morgan fingerprint density at radius 2 is 1.22 bits per heavy atom. The van der Waals surface area contributed by atoms with E-state index in [9.17, 15) is 14.4 Å². The van der Waals surface area contributed by atoms with Gasteiger partial charge in [-0.05, 0) is 95.5 Å². The van der Waals surface area contributed by atoms with Gasteiger partial charge in [0.25, 0.3) is 5.91 Å². The summed E-state index contributed by atoms with van der Waals surface area (Å²) in [5, 5.41) is 8.25. The highest BCUT2D eigenvalue weighted by Gasteiger charge is 2.33. The predicted molar refractivity (Wildman–Crippen MR) is 176 cm³/mol. The van der Waals surface area contributed by atoms with Crippen molar-refractivity contribution in [2.45, 2.75) is 48.5 Å². The quantitative estimate of drug-likeness (QED) is 0.205. The van der Waals surface area contributed by atoms with Gasteiger partial charge in [-0.3, -0.25) is 14.4 Å². The Kier molecular flexibility index (Phi) is 7.36. The number of ketones is 2. The third kappa shape index (κ3) is 5.29. The maximum Gasteiger partial charge on any atom is 0.275 e. The molecule has 6 rings (SSSR count). The SMILES string of the molecule is Cc1ccc(NC(=O)c2c(C(=O)c3cc(C)ccc3C)c(C(=O)c3cc(C)ccc3C)nc3c4c(C)cc(C)nc4nn23)cc1. The highest BCUT2D eigenvalue weighted by atomic mass is 16.2. The van der Waals surface area contributed by atoms with Crippen LogP contribution in [0.25, 0.3) is 16.7 Å². The smallest absolute Gasteiger partial charge is 0.275 e. The molecule has 0 atom stereocenters. The Morgan fingerprint density at radius 3 is 1.84 bits per heavy atom. The van der Waals surface area contributed by atoms with Crippen LogP contribution in [0.15, 0.2) is 66.7 Å². The zero-order chi connectivity index (χ0) is 32.2. The van der Waals surface area contributed by atoms with Crippen molar-refractivity contribution < 1.29 is 14.4 Å². The zero-order valence-electron chi connectivity index (χ0n) is 26.4. The number of nitrogens with one attached hydrogen (secondary N) is 1. The van der Waals surface area contributed by atoms with Crippen molar-refractivity contribution in [1.29, 1.82) is 0 Å². The number of aromatic nitrogens is 4. The summed E-state index contributed by atoms with van der Waals surface area (Å²) in [4.78, 5) is 53.1. The van der Waals surface area contributed by atoms with Gasteiger partial charge in [0, 0.05) is 22.5 Å². The number of rotatable bonds is 6. The predicted octanol–water partition coefficient (Wildman–Crippen LogP) is 7.15. The number of anilines is 1. The molecular weight excluding hydrogens is 562 g/mol. The second-order valence-corrected chi connectivity index (χ2v) is 11.8. The lowest BCUT2D eigenvalue weighted by Gasteiger charge is -2.17. The first-order valence-corrected chi connectivity index (χ1v) is 14.8. The normalized spacial score (nSPS) is 11.3. The van der Waals surface area contributed by atoms with Crippen LogP contribution in [-0.2, 0) is 0 Å². The van der Waals surface area contributed by atoms with Crippen LogP contribution in [0.1, 0.15) is 81.5 Å². The Labute approximate surface area is 261 Å². The third-order valence-electron chi connectivity index (χ3n) is 8.09. The van der Waals surface area contributed by atoms with Crippen LogP contribution in [0, 0.1) is 48.5 Å². The molecule has 0 aliphatic heterocycles. The number of nitrogens with zero attached hydrogens (tertiary/aromatic N) is 4. The molecule has 3 aromatic carbocycles. The first kappa shape index (κ1) is 29.6. The first-order valence-electron chi connectivity index (χ1n) is 14.8. The second kappa shape index (κ2) is 11.2. The van der Waals surface area contributed by atoms with E-state index in [1.807, 2.05) is 90.9 Å². The summed E-state index contributed by atoms with van der Waals surface area (Å²) in [6.07, 6.45) is 0. The van der Waals surface area contributed by atoms with Gasteiger partial charge in [-0.1, -0.05) is 53.1 Å². The van der Waals surface area contributed by atoms with Crippen molar-refractivity contribution in [2.75, 3.05) is 5.32 Å². The van der Waals surface area contributed by atoms with E-state index < -0.39 is 17.5 Å². The number of carbonyl (C=O) groups is 3. The molecule has 0 bridgehead atoms. The maximum absolute atomic E-state index is 14.7. The monoisotopic (exact) mass is 595 g/mol. The van der Waals surface area contributed by atoms with Gasteiger partial charge in [0.1, 0.15) is 11.4 Å². The fraction of sp³-hybridized carbons (Fsp3) is 0.189. The second-order valence-electron chi connectivity index (χ2n) is 11.8. The van der Waals surface area contributed by atoms with E-state index in [2.05, 4.69) is 10.3 Å². The van der Waals surface area contributed by atoms with Crippen molar-refractivity contribution in [3.05, 3.63) is 134 Å². The summed E-state index contributed by atoms with van der Waals surface area (Å²) in [5.41, 5.74) is 7.43. The largest absolute Gasteiger partial charge is 0.321 e. The number of amides is 1. The van der Waals surface area contributed by atoms with E-state index in [4.69, 9.17) is 10.1 Å². The van der Waals surface area contributed by atoms with Crippen molar-refractivity contribution in [2.24, 2.45) is 0 Å². The zero-order valence-corrected chi connectivity index (χ0v) is 26.4. The van der Waals surface area contributed by atoms with Crippen molar-refractivity contribution in [1.82, 2.24) is 19.6 Å². The van der Waals surface area contributed by atoms with E-state index in [0.717, 1.165) is 33.5 Å². The molecule has 45 heavy (non-hydrogen) atoms. The minimum atomic E-state index is -0.600. The Bertz CT molecular complexity index is 2210. The highest BCUT2D eigenvalue weighted by Crippen LogP contribution is 2.30. The molecule has 0 aliphatic rings. The minimum Gasteiger partial charge on any atom is -0.321 e. The molecule has 0 saturated heterocycles. The minimum absolute atomic E-state index is 0.0878. The van der Waals surface area contributed by atoms with Crippen LogP contribution in [0.3, 0.4) is 0 Å². The number of hydrogen-bond donors (Lipinski definition) is 1. The van der Waals surface area contributed by atoms with E-state index in [-0.39, 0.29) is 22.6 Å². The van der Waals surface area contributed by atoms with Crippen molar-refractivity contribution in [3.8, 4) is 0 Å². The van der Waals surface area contributed by atoms with Crippen LogP contribution in [0.5, 0.6) is 0 Å². The summed E-state index contributed by atoms with van der Waals surface area (Å²) in [7, 11) is 0. The number of carbonyl (C=O) groups excluding carboxylic acids is 3.